The molecule has 1 N–H and O–H groups in total. The van der Waals surface area contributed by atoms with E-state index < -0.39 is 0 Å². The molecule has 134 valence electrons. The van der Waals surface area contributed by atoms with Crippen LogP contribution in [0.3, 0.4) is 0 Å². The highest BCUT2D eigenvalue weighted by Crippen LogP contribution is 2.24. The van der Waals surface area contributed by atoms with Gasteiger partial charge >= 0.3 is 0 Å². The fraction of sp³-hybridized carbons (Fsp3) is 0.227. The van der Waals surface area contributed by atoms with Crippen molar-refractivity contribution in [2.45, 2.75) is 34.3 Å². The van der Waals surface area contributed by atoms with E-state index in [0.717, 1.165) is 28.1 Å². The second-order valence-electron chi connectivity index (χ2n) is 6.58. The molecule has 1 heterocycles. The summed E-state index contributed by atoms with van der Waals surface area (Å²) in [5, 5.41) is 4.96. The van der Waals surface area contributed by atoms with Gasteiger partial charge in [0.15, 0.2) is 0 Å². The van der Waals surface area contributed by atoms with Crippen LogP contribution in [0.4, 0.5) is 5.69 Å². The molecular weight excluding hydrogens is 342 g/mol. The van der Waals surface area contributed by atoms with Crippen LogP contribution in [0.5, 0.6) is 5.75 Å². The molecule has 0 saturated carbocycles. The summed E-state index contributed by atoms with van der Waals surface area (Å²) in [6.45, 7) is 8.63. The van der Waals surface area contributed by atoms with Gasteiger partial charge in [-0.25, -0.2) is 0 Å². The Labute approximate surface area is 158 Å². The Hall–Kier alpha value is -2.59. The molecule has 0 aliphatic heterocycles. The SMILES string of the molecule is Cc1ccc(NC(=O)c2cc(COc3cccc(C)c3C)cs2)c(C)c1. The molecule has 4 heteroatoms. The van der Waals surface area contributed by atoms with E-state index in [1.807, 2.05) is 49.6 Å². The number of aryl methyl sites for hydroxylation is 3. The minimum Gasteiger partial charge on any atom is -0.489 e. The number of benzene rings is 2. The van der Waals surface area contributed by atoms with Crippen molar-refractivity contribution in [3.05, 3.63) is 80.5 Å². The maximum Gasteiger partial charge on any atom is 0.265 e. The van der Waals surface area contributed by atoms with Gasteiger partial charge < -0.3 is 10.1 Å². The Morgan fingerprint density at radius 2 is 1.85 bits per heavy atom. The maximum absolute atomic E-state index is 12.5. The number of hydrogen-bond acceptors (Lipinski definition) is 3. The van der Waals surface area contributed by atoms with Crippen molar-refractivity contribution in [1.82, 2.24) is 0 Å². The Bertz CT molecular complexity index is 943. The first-order valence-corrected chi connectivity index (χ1v) is 9.47. The Morgan fingerprint density at radius 1 is 1.04 bits per heavy atom. The fourth-order valence-electron chi connectivity index (χ4n) is 2.75. The zero-order valence-electron chi connectivity index (χ0n) is 15.6. The topological polar surface area (TPSA) is 38.3 Å². The average molecular weight is 365 g/mol. The number of carbonyl (C=O) groups is 1. The number of nitrogens with one attached hydrogen (secondary N) is 1. The lowest BCUT2D eigenvalue weighted by Gasteiger charge is -2.10. The first-order valence-electron chi connectivity index (χ1n) is 8.59. The molecule has 0 radical (unpaired) electrons. The Morgan fingerprint density at radius 3 is 2.62 bits per heavy atom. The Balaban J connectivity index is 1.65. The van der Waals surface area contributed by atoms with Crippen LogP contribution in [0, 0.1) is 27.7 Å². The maximum atomic E-state index is 12.5. The lowest BCUT2D eigenvalue weighted by Crippen LogP contribution is -2.11. The lowest BCUT2D eigenvalue weighted by molar-refractivity contribution is 0.103. The number of anilines is 1. The molecule has 3 aromatic rings. The number of hydrogen-bond donors (Lipinski definition) is 1. The van der Waals surface area contributed by atoms with Crippen molar-refractivity contribution >= 4 is 22.9 Å². The molecule has 0 atom stereocenters. The van der Waals surface area contributed by atoms with Gasteiger partial charge in [0.1, 0.15) is 12.4 Å². The van der Waals surface area contributed by atoms with Gasteiger partial charge in [0.25, 0.3) is 5.91 Å². The lowest BCUT2D eigenvalue weighted by atomic mass is 10.1. The molecule has 1 aromatic heterocycles. The highest BCUT2D eigenvalue weighted by atomic mass is 32.1. The molecule has 3 rings (SSSR count). The van der Waals surface area contributed by atoms with Crippen molar-refractivity contribution in [2.24, 2.45) is 0 Å². The number of ether oxygens (including phenoxy) is 1. The summed E-state index contributed by atoms with van der Waals surface area (Å²) in [6, 6.07) is 13.9. The van der Waals surface area contributed by atoms with Gasteiger partial charge in [0, 0.05) is 11.3 Å². The van der Waals surface area contributed by atoms with Crippen LogP contribution < -0.4 is 10.1 Å². The number of thiophene rings is 1. The van der Waals surface area contributed by atoms with Crippen LogP contribution in [-0.2, 0) is 6.61 Å². The van der Waals surface area contributed by atoms with E-state index >= 15 is 0 Å². The normalized spacial score (nSPS) is 10.6. The third-order valence-corrected chi connectivity index (χ3v) is 5.43. The smallest absolute Gasteiger partial charge is 0.265 e. The van der Waals surface area contributed by atoms with E-state index in [2.05, 4.69) is 31.3 Å². The number of carbonyl (C=O) groups excluding carboxylic acids is 1. The first kappa shape index (κ1) is 18.2. The molecule has 26 heavy (non-hydrogen) atoms. The van der Waals surface area contributed by atoms with Gasteiger partial charge in [-0.15, -0.1) is 11.3 Å². The van der Waals surface area contributed by atoms with Crippen LogP contribution in [-0.4, -0.2) is 5.91 Å². The molecule has 0 spiro atoms. The summed E-state index contributed by atoms with van der Waals surface area (Å²) < 4.78 is 5.92. The zero-order valence-corrected chi connectivity index (χ0v) is 16.4. The molecule has 0 saturated heterocycles. The minimum atomic E-state index is -0.0834. The molecule has 0 unspecified atom stereocenters. The van der Waals surface area contributed by atoms with Crippen LogP contribution in [0.25, 0.3) is 0 Å². The molecule has 0 fully saturated rings. The highest BCUT2D eigenvalue weighted by Gasteiger charge is 2.11. The molecule has 2 aromatic carbocycles. The monoisotopic (exact) mass is 365 g/mol. The van der Waals surface area contributed by atoms with Crippen molar-refractivity contribution in [2.75, 3.05) is 5.32 Å². The van der Waals surface area contributed by atoms with Gasteiger partial charge in [-0.05, 0) is 68.0 Å². The van der Waals surface area contributed by atoms with Crippen molar-refractivity contribution in [1.29, 1.82) is 0 Å². The predicted molar refractivity (Wildman–Crippen MR) is 108 cm³/mol. The van der Waals surface area contributed by atoms with Gasteiger partial charge in [-0.1, -0.05) is 29.8 Å². The van der Waals surface area contributed by atoms with E-state index in [0.29, 0.717) is 11.5 Å². The minimum absolute atomic E-state index is 0.0834. The molecule has 0 bridgehead atoms. The van der Waals surface area contributed by atoms with Crippen LogP contribution >= 0.6 is 11.3 Å². The van der Waals surface area contributed by atoms with E-state index in [9.17, 15) is 4.79 Å². The van der Waals surface area contributed by atoms with Gasteiger partial charge in [0.05, 0.1) is 4.88 Å². The molecule has 0 aliphatic rings. The second kappa shape index (κ2) is 7.75. The zero-order chi connectivity index (χ0) is 18.7. The summed E-state index contributed by atoms with van der Waals surface area (Å²) in [5.41, 5.74) is 6.46. The molecular formula is C22H23NO2S. The number of amides is 1. The molecule has 0 aliphatic carbocycles. The number of rotatable bonds is 5. The molecule has 1 amide bonds. The van der Waals surface area contributed by atoms with E-state index in [4.69, 9.17) is 4.74 Å². The summed E-state index contributed by atoms with van der Waals surface area (Å²) >= 11 is 1.44. The fourth-order valence-corrected chi connectivity index (χ4v) is 3.54. The van der Waals surface area contributed by atoms with Crippen LogP contribution in [0.15, 0.2) is 47.8 Å². The summed E-state index contributed by atoms with van der Waals surface area (Å²) in [4.78, 5) is 13.2. The first-order chi connectivity index (χ1) is 12.4. The third kappa shape index (κ3) is 4.14. The summed E-state index contributed by atoms with van der Waals surface area (Å²) in [5.74, 6) is 0.803. The van der Waals surface area contributed by atoms with E-state index in [1.165, 1.54) is 22.5 Å². The third-order valence-electron chi connectivity index (χ3n) is 4.46. The average Bonchev–Trinajstić information content (AvgIpc) is 3.08. The summed E-state index contributed by atoms with van der Waals surface area (Å²) in [7, 11) is 0. The predicted octanol–water partition coefficient (Wildman–Crippen LogP) is 5.81. The van der Waals surface area contributed by atoms with Gasteiger partial charge in [-0.3, -0.25) is 4.79 Å². The van der Waals surface area contributed by atoms with Crippen LogP contribution in [0.2, 0.25) is 0 Å². The highest BCUT2D eigenvalue weighted by molar-refractivity contribution is 7.12. The summed E-state index contributed by atoms with van der Waals surface area (Å²) in [6.07, 6.45) is 0. The Kier molecular flexibility index (Phi) is 5.43. The van der Waals surface area contributed by atoms with Crippen molar-refractivity contribution in [3.8, 4) is 5.75 Å². The standard InChI is InChI=1S/C22H23NO2S/c1-14-8-9-19(16(3)10-14)23-22(24)21-11-18(13-26-21)12-25-20-7-5-6-15(2)17(20)4/h5-11,13H,12H2,1-4H3,(H,23,24). The quantitative estimate of drug-likeness (QED) is 0.619. The van der Waals surface area contributed by atoms with E-state index in [1.54, 1.807) is 0 Å². The largest absolute Gasteiger partial charge is 0.489 e. The van der Waals surface area contributed by atoms with Crippen LogP contribution in [0.1, 0.15) is 37.5 Å². The van der Waals surface area contributed by atoms with E-state index in [-0.39, 0.29) is 5.91 Å². The van der Waals surface area contributed by atoms with Gasteiger partial charge in [-0.2, -0.15) is 0 Å². The second-order valence-corrected chi connectivity index (χ2v) is 7.49. The van der Waals surface area contributed by atoms with Gasteiger partial charge in [0.2, 0.25) is 0 Å². The van der Waals surface area contributed by atoms with Crippen molar-refractivity contribution in [3.63, 3.8) is 0 Å². The molecule has 3 nitrogen and oxygen atoms in total. The van der Waals surface area contributed by atoms with Crippen molar-refractivity contribution < 1.29 is 9.53 Å².